The van der Waals surface area contributed by atoms with Gasteiger partial charge < -0.3 is 19.9 Å². The van der Waals surface area contributed by atoms with E-state index in [9.17, 15) is 18.3 Å². The van der Waals surface area contributed by atoms with Crippen LogP contribution in [0.3, 0.4) is 0 Å². The van der Waals surface area contributed by atoms with E-state index in [1.807, 2.05) is 24.3 Å². The molecule has 1 aliphatic rings. The molecule has 0 radical (unpaired) electrons. The Labute approximate surface area is 236 Å². The van der Waals surface area contributed by atoms with Crippen molar-refractivity contribution in [3.05, 3.63) is 90.0 Å². The normalized spacial score (nSPS) is 15.7. The van der Waals surface area contributed by atoms with Gasteiger partial charge in [0.1, 0.15) is 11.5 Å². The van der Waals surface area contributed by atoms with Gasteiger partial charge in [0.2, 0.25) is 10.0 Å². The number of nitrogens with one attached hydrogen (secondary N) is 2. The first-order chi connectivity index (χ1) is 19.4. The number of carbonyl (C=O) groups is 1. The average Bonchev–Trinajstić information content (AvgIpc) is 2.99. The van der Waals surface area contributed by atoms with Gasteiger partial charge >= 0.3 is 0 Å². The minimum Gasteiger partial charge on any atom is -0.507 e. The van der Waals surface area contributed by atoms with Crippen LogP contribution in [-0.4, -0.2) is 51.8 Å². The number of benzene rings is 3. The van der Waals surface area contributed by atoms with Crippen molar-refractivity contribution in [2.75, 3.05) is 20.3 Å². The van der Waals surface area contributed by atoms with Gasteiger partial charge in [-0.15, -0.1) is 0 Å². The number of phenols is 1. The maximum atomic E-state index is 13.4. The number of amides is 1. The monoisotopic (exact) mass is 566 g/mol. The number of carbonyl (C=O) groups excluding carboxylic acids is 1. The molecule has 9 heteroatoms. The molecular formula is C31H38N2O6S. The Hall–Kier alpha value is -3.40. The number of sulfonamides is 1. The van der Waals surface area contributed by atoms with Crippen LogP contribution in [0.2, 0.25) is 0 Å². The van der Waals surface area contributed by atoms with Gasteiger partial charge in [0.25, 0.3) is 5.91 Å². The number of ether oxygens (including phenoxy) is 2. The van der Waals surface area contributed by atoms with E-state index < -0.39 is 28.1 Å². The summed E-state index contributed by atoms with van der Waals surface area (Å²) in [6.07, 6.45) is 5.57. The van der Waals surface area contributed by atoms with Crippen LogP contribution in [0.4, 0.5) is 0 Å². The minimum atomic E-state index is -3.92. The minimum absolute atomic E-state index is 0.0370. The number of hydrogen-bond donors (Lipinski definition) is 3. The summed E-state index contributed by atoms with van der Waals surface area (Å²) in [6.45, 7) is 0.475. The average molecular weight is 567 g/mol. The molecule has 2 unspecified atom stereocenters. The number of aromatic hydroxyl groups is 1. The largest absolute Gasteiger partial charge is 0.507 e. The van der Waals surface area contributed by atoms with Crippen LogP contribution in [0.5, 0.6) is 11.5 Å². The van der Waals surface area contributed by atoms with Crippen LogP contribution in [0.25, 0.3) is 0 Å². The molecule has 0 aliphatic heterocycles. The third-order valence-electron chi connectivity index (χ3n) is 7.31. The summed E-state index contributed by atoms with van der Waals surface area (Å²) in [5, 5.41) is 13.0. The molecule has 3 N–H and O–H groups in total. The van der Waals surface area contributed by atoms with Crippen LogP contribution >= 0.6 is 0 Å². The second kappa shape index (κ2) is 14.3. The smallest absolute Gasteiger partial charge is 0.255 e. The van der Waals surface area contributed by atoms with Crippen molar-refractivity contribution in [2.45, 2.75) is 55.6 Å². The van der Waals surface area contributed by atoms with Gasteiger partial charge in [-0.2, -0.15) is 0 Å². The standard InChI is InChI=1S/C31H38N2O6S/c1-38-25-18-16-23(17-19-25)20-30(39-22-24-10-4-2-5-11-24)28(33-40(36,37)26-12-6-3-7-13-26)21-32-31(35)27-14-8-9-15-29(27)34/h3,6-9,12-19,24,28,30,33-34H,2,4-5,10-11,20-22H2,1H3,(H,32,35). The lowest BCUT2D eigenvalue weighted by Crippen LogP contribution is -2.52. The molecule has 1 fully saturated rings. The molecule has 0 spiro atoms. The van der Waals surface area contributed by atoms with Crippen molar-refractivity contribution in [3.63, 3.8) is 0 Å². The van der Waals surface area contributed by atoms with Crippen molar-refractivity contribution in [3.8, 4) is 11.5 Å². The number of para-hydroxylation sites is 1. The number of methoxy groups -OCH3 is 1. The van der Waals surface area contributed by atoms with Gasteiger partial charge in [-0.1, -0.05) is 61.7 Å². The highest BCUT2D eigenvalue weighted by molar-refractivity contribution is 7.89. The van der Waals surface area contributed by atoms with Crippen LogP contribution in [0, 0.1) is 5.92 Å². The lowest BCUT2D eigenvalue weighted by atomic mass is 9.90. The quantitative estimate of drug-likeness (QED) is 0.277. The zero-order chi connectivity index (χ0) is 28.4. The highest BCUT2D eigenvalue weighted by Gasteiger charge is 2.30. The van der Waals surface area contributed by atoms with E-state index in [1.165, 1.54) is 30.7 Å². The molecule has 4 rings (SSSR count). The molecule has 1 saturated carbocycles. The Morgan fingerprint density at radius 2 is 1.62 bits per heavy atom. The van der Waals surface area contributed by atoms with Crippen molar-refractivity contribution in [2.24, 2.45) is 5.92 Å². The first-order valence-electron chi connectivity index (χ1n) is 13.7. The van der Waals surface area contributed by atoms with Gasteiger partial charge in [0.05, 0.1) is 29.7 Å². The summed E-state index contributed by atoms with van der Waals surface area (Å²) in [7, 11) is -2.32. The van der Waals surface area contributed by atoms with E-state index >= 15 is 0 Å². The Morgan fingerprint density at radius 3 is 2.30 bits per heavy atom. The maximum absolute atomic E-state index is 13.4. The summed E-state index contributed by atoms with van der Waals surface area (Å²) in [5.41, 5.74) is 1.06. The van der Waals surface area contributed by atoms with E-state index in [-0.39, 0.29) is 22.8 Å². The first-order valence-corrected chi connectivity index (χ1v) is 15.2. The lowest BCUT2D eigenvalue weighted by molar-refractivity contribution is 0.00407. The van der Waals surface area contributed by atoms with E-state index in [1.54, 1.807) is 37.4 Å². The zero-order valence-corrected chi connectivity index (χ0v) is 23.6. The molecule has 0 bridgehead atoms. The molecule has 1 amide bonds. The Bertz CT molecular complexity index is 1330. The summed E-state index contributed by atoms with van der Waals surface area (Å²) < 4.78 is 41.4. The fourth-order valence-corrected chi connectivity index (χ4v) is 6.29. The summed E-state index contributed by atoms with van der Waals surface area (Å²) >= 11 is 0. The topological polar surface area (TPSA) is 114 Å². The van der Waals surface area contributed by atoms with Crippen LogP contribution < -0.4 is 14.8 Å². The summed E-state index contributed by atoms with van der Waals surface area (Å²) in [6, 6.07) is 21.2. The SMILES string of the molecule is COc1ccc(CC(OCC2CCCCC2)C(CNC(=O)c2ccccc2O)NS(=O)(=O)c2ccccc2)cc1. The molecular weight excluding hydrogens is 528 g/mol. The molecule has 1 aliphatic carbocycles. The van der Waals surface area contributed by atoms with Crippen LogP contribution in [0.1, 0.15) is 48.0 Å². The lowest BCUT2D eigenvalue weighted by Gasteiger charge is -2.31. The molecule has 0 heterocycles. The first kappa shape index (κ1) is 29.6. The second-order valence-corrected chi connectivity index (χ2v) is 11.9. The van der Waals surface area contributed by atoms with E-state index in [4.69, 9.17) is 9.47 Å². The Kier molecular flexibility index (Phi) is 10.6. The Morgan fingerprint density at radius 1 is 0.950 bits per heavy atom. The molecule has 2 atom stereocenters. The van der Waals surface area contributed by atoms with Crippen molar-refractivity contribution >= 4 is 15.9 Å². The second-order valence-electron chi connectivity index (χ2n) is 10.2. The van der Waals surface area contributed by atoms with E-state index in [0.29, 0.717) is 18.9 Å². The van der Waals surface area contributed by atoms with Gasteiger partial charge in [-0.25, -0.2) is 13.1 Å². The van der Waals surface area contributed by atoms with Gasteiger partial charge in [-0.3, -0.25) is 4.79 Å². The molecule has 0 saturated heterocycles. The van der Waals surface area contributed by atoms with Crippen LogP contribution in [-0.2, 0) is 21.2 Å². The Balaban J connectivity index is 1.60. The third kappa shape index (κ3) is 8.30. The molecule has 3 aromatic carbocycles. The van der Waals surface area contributed by atoms with Crippen LogP contribution in [0.15, 0.2) is 83.8 Å². The number of hydrogen-bond acceptors (Lipinski definition) is 6. The van der Waals surface area contributed by atoms with Gasteiger partial charge in [0.15, 0.2) is 0 Å². The van der Waals surface area contributed by atoms with Gasteiger partial charge in [-0.05, 0) is 60.7 Å². The molecule has 214 valence electrons. The van der Waals surface area contributed by atoms with Crippen molar-refractivity contribution in [1.82, 2.24) is 10.0 Å². The number of phenolic OH excluding ortho intramolecular Hbond substituents is 1. The highest BCUT2D eigenvalue weighted by atomic mass is 32.2. The van der Waals surface area contributed by atoms with E-state index in [0.717, 1.165) is 37.0 Å². The summed E-state index contributed by atoms with van der Waals surface area (Å²) in [5.74, 6) is 0.483. The van der Waals surface area contributed by atoms with Crippen molar-refractivity contribution < 1.29 is 27.8 Å². The fraction of sp³-hybridized carbons (Fsp3) is 0.387. The molecule has 3 aromatic rings. The molecule has 8 nitrogen and oxygen atoms in total. The van der Waals surface area contributed by atoms with Crippen molar-refractivity contribution in [1.29, 1.82) is 0 Å². The zero-order valence-electron chi connectivity index (χ0n) is 22.8. The maximum Gasteiger partial charge on any atom is 0.255 e. The van der Waals surface area contributed by atoms with Gasteiger partial charge in [0, 0.05) is 19.6 Å². The molecule has 0 aromatic heterocycles. The third-order valence-corrected chi connectivity index (χ3v) is 8.81. The molecule has 40 heavy (non-hydrogen) atoms. The predicted octanol–water partition coefficient (Wildman–Crippen LogP) is 4.69. The highest BCUT2D eigenvalue weighted by Crippen LogP contribution is 2.25. The summed E-state index contributed by atoms with van der Waals surface area (Å²) in [4.78, 5) is 13.1. The predicted molar refractivity (Wildman–Crippen MR) is 154 cm³/mol. The van der Waals surface area contributed by atoms with E-state index in [2.05, 4.69) is 10.0 Å². The fourth-order valence-electron chi connectivity index (χ4n) is 5.00. The number of rotatable bonds is 13.